The fourth-order valence-corrected chi connectivity index (χ4v) is 1.72. The molecule has 0 amide bonds. The van der Waals surface area contributed by atoms with Gasteiger partial charge in [0.1, 0.15) is 5.52 Å². The zero-order valence-corrected chi connectivity index (χ0v) is 10.1. The molecule has 1 N–H and O–H groups in total. The Morgan fingerprint density at radius 3 is 2.65 bits per heavy atom. The third-order valence-corrected chi connectivity index (χ3v) is 3.08. The van der Waals surface area contributed by atoms with Gasteiger partial charge in [0, 0.05) is 0 Å². The first-order valence-corrected chi connectivity index (χ1v) is 5.59. The van der Waals surface area contributed by atoms with Crippen LogP contribution in [0.25, 0.3) is 11.0 Å². The molecule has 1 atom stereocenters. The van der Waals surface area contributed by atoms with Gasteiger partial charge in [0.2, 0.25) is 0 Å². The highest BCUT2D eigenvalue weighted by molar-refractivity contribution is 6.00. The van der Waals surface area contributed by atoms with Crippen molar-refractivity contribution in [3.63, 3.8) is 0 Å². The number of carboxylic acid groups (broad SMARTS) is 1. The van der Waals surface area contributed by atoms with Crippen LogP contribution in [0, 0.1) is 5.92 Å². The topological polar surface area (TPSA) is 68.0 Å². The van der Waals surface area contributed by atoms with Gasteiger partial charge in [-0.15, -0.1) is 5.10 Å². The molecule has 2 rings (SSSR count). The van der Waals surface area contributed by atoms with E-state index in [9.17, 15) is 4.79 Å². The van der Waals surface area contributed by atoms with Crippen molar-refractivity contribution in [3.8, 4) is 0 Å². The summed E-state index contributed by atoms with van der Waals surface area (Å²) in [5.74, 6) is -0.562. The lowest BCUT2D eigenvalue weighted by Crippen LogP contribution is -2.12. The zero-order chi connectivity index (χ0) is 12.6. The third-order valence-electron chi connectivity index (χ3n) is 3.08. The number of benzene rings is 1. The van der Waals surface area contributed by atoms with E-state index in [0.29, 0.717) is 11.4 Å². The van der Waals surface area contributed by atoms with Gasteiger partial charge in [0.05, 0.1) is 17.1 Å². The first-order chi connectivity index (χ1) is 8.02. The quantitative estimate of drug-likeness (QED) is 0.883. The maximum atomic E-state index is 11.1. The molecule has 0 saturated heterocycles. The van der Waals surface area contributed by atoms with Crippen LogP contribution in [0.1, 0.15) is 37.2 Å². The van der Waals surface area contributed by atoms with E-state index in [2.05, 4.69) is 24.2 Å². The van der Waals surface area contributed by atoms with Crippen LogP contribution in [0.15, 0.2) is 18.2 Å². The summed E-state index contributed by atoms with van der Waals surface area (Å²) in [6, 6.07) is 5.30. The third kappa shape index (κ3) is 1.88. The minimum atomic E-state index is -0.972. The van der Waals surface area contributed by atoms with E-state index in [4.69, 9.17) is 5.11 Å². The molecular formula is C12H15N3O2. The van der Waals surface area contributed by atoms with Gasteiger partial charge < -0.3 is 5.11 Å². The molecule has 0 aliphatic rings. The molecule has 17 heavy (non-hydrogen) atoms. The first kappa shape index (κ1) is 11.6. The van der Waals surface area contributed by atoms with Crippen LogP contribution in [0.4, 0.5) is 0 Å². The Morgan fingerprint density at radius 1 is 1.35 bits per heavy atom. The number of carboxylic acids is 1. The van der Waals surface area contributed by atoms with Crippen molar-refractivity contribution in [1.29, 1.82) is 0 Å². The second kappa shape index (κ2) is 4.16. The lowest BCUT2D eigenvalue weighted by molar-refractivity contribution is 0.0699. The molecule has 0 radical (unpaired) electrons. The molecule has 0 spiro atoms. The second-order valence-corrected chi connectivity index (χ2v) is 4.50. The van der Waals surface area contributed by atoms with E-state index in [0.717, 1.165) is 5.52 Å². The Labute approximate surface area is 99.1 Å². The number of aromatic nitrogens is 3. The molecule has 1 heterocycles. The maximum Gasteiger partial charge on any atom is 0.338 e. The van der Waals surface area contributed by atoms with E-state index < -0.39 is 5.97 Å². The molecule has 2 aromatic rings. The monoisotopic (exact) mass is 233 g/mol. The van der Waals surface area contributed by atoms with Gasteiger partial charge in [-0.05, 0) is 25.0 Å². The number of fused-ring (bicyclic) bond motifs is 1. The summed E-state index contributed by atoms with van der Waals surface area (Å²) < 4.78 is 1.78. The van der Waals surface area contributed by atoms with E-state index in [1.165, 1.54) is 0 Å². The van der Waals surface area contributed by atoms with Crippen LogP contribution < -0.4 is 0 Å². The fraction of sp³-hybridized carbons (Fsp3) is 0.417. The molecule has 0 saturated carbocycles. The summed E-state index contributed by atoms with van der Waals surface area (Å²) in [6.45, 7) is 6.24. The Bertz CT molecular complexity index is 560. The van der Waals surface area contributed by atoms with Crippen molar-refractivity contribution in [1.82, 2.24) is 15.0 Å². The summed E-state index contributed by atoms with van der Waals surface area (Å²) in [5.41, 5.74) is 1.42. The van der Waals surface area contributed by atoms with Crippen LogP contribution in [0.2, 0.25) is 0 Å². The van der Waals surface area contributed by atoms with Crippen LogP contribution in [-0.2, 0) is 0 Å². The van der Waals surface area contributed by atoms with E-state index in [-0.39, 0.29) is 11.6 Å². The van der Waals surface area contributed by atoms with Crippen molar-refractivity contribution in [2.75, 3.05) is 0 Å². The summed E-state index contributed by atoms with van der Waals surface area (Å²) in [7, 11) is 0. The molecule has 5 heteroatoms. The molecule has 0 aliphatic heterocycles. The number of nitrogens with zero attached hydrogens (tertiary/aromatic N) is 3. The van der Waals surface area contributed by atoms with Crippen molar-refractivity contribution in [3.05, 3.63) is 23.8 Å². The highest BCUT2D eigenvalue weighted by Crippen LogP contribution is 2.23. The molecule has 1 aromatic carbocycles. The minimum absolute atomic E-state index is 0.184. The predicted octanol–water partition coefficient (Wildman–Crippen LogP) is 2.35. The summed E-state index contributed by atoms with van der Waals surface area (Å²) in [5, 5.41) is 17.1. The van der Waals surface area contributed by atoms with Gasteiger partial charge in [-0.3, -0.25) is 0 Å². The lowest BCUT2D eigenvalue weighted by atomic mass is 10.1. The fourth-order valence-electron chi connectivity index (χ4n) is 1.72. The Hall–Kier alpha value is -1.91. The molecule has 5 nitrogen and oxygen atoms in total. The van der Waals surface area contributed by atoms with E-state index >= 15 is 0 Å². The summed E-state index contributed by atoms with van der Waals surface area (Å²) in [4.78, 5) is 11.1. The maximum absolute atomic E-state index is 11.1. The van der Waals surface area contributed by atoms with Crippen LogP contribution >= 0.6 is 0 Å². The molecule has 1 aromatic heterocycles. The summed E-state index contributed by atoms with van der Waals surface area (Å²) in [6.07, 6.45) is 0. The van der Waals surface area contributed by atoms with Gasteiger partial charge in [-0.1, -0.05) is 25.1 Å². The first-order valence-electron chi connectivity index (χ1n) is 5.59. The number of carbonyl (C=O) groups is 1. The van der Waals surface area contributed by atoms with Gasteiger partial charge in [-0.2, -0.15) is 0 Å². The van der Waals surface area contributed by atoms with E-state index in [1.807, 2.05) is 13.0 Å². The average molecular weight is 233 g/mol. The number of hydrogen-bond acceptors (Lipinski definition) is 3. The van der Waals surface area contributed by atoms with Crippen LogP contribution in [-0.4, -0.2) is 26.1 Å². The zero-order valence-electron chi connectivity index (χ0n) is 10.1. The van der Waals surface area contributed by atoms with E-state index in [1.54, 1.807) is 16.8 Å². The smallest absolute Gasteiger partial charge is 0.338 e. The van der Waals surface area contributed by atoms with Crippen molar-refractivity contribution < 1.29 is 9.90 Å². The largest absolute Gasteiger partial charge is 0.478 e. The Balaban J connectivity index is 2.62. The normalized spacial score (nSPS) is 13.2. The highest BCUT2D eigenvalue weighted by atomic mass is 16.4. The lowest BCUT2D eigenvalue weighted by Gasteiger charge is -2.16. The predicted molar refractivity (Wildman–Crippen MR) is 64.0 cm³/mol. The number of aromatic carboxylic acids is 1. The van der Waals surface area contributed by atoms with Crippen LogP contribution in [0.3, 0.4) is 0 Å². The molecule has 0 fully saturated rings. The average Bonchev–Trinajstić information content (AvgIpc) is 2.70. The van der Waals surface area contributed by atoms with Crippen molar-refractivity contribution >= 4 is 17.0 Å². The standard InChI is InChI=1S/C12H15N3O2/c1-7(2)8(3)15-10-6-4-5-9(12(16)17)11(10)13-14-15/h4-8H,1-3H3,(H,16,17). The second-order valence-electron chi connectivity index (χ2n) is 4.50. The molecule has 0 aliphatic carbocycles. The highest BCUT2D eigenvalue weighted by Gasteiger charge is 2.18. The van der Waals surface area contributed by atoms with Gasteiger partial charge in [0.25, 0.3) is 0 Å². The van der Waals surface area contributed by atoms with Gasteiger partial charge >= 0.3 is 5.97 Å². The Kier molecular flexibility index (Phi) is 2.83. The Morgan fingerprint density at radius 2 is 2.06 bits per heavy atom. The van der Waals surface area contributed by atoms with Crippen LogP contribution in [0.5, 0.6) is 0 Å². The minimum Gasteiger partial charge on any atom is -0.478 e. The molecule has 1 unspecified atom stereocenters. The van der Waals surface area contributed by atoms with Gasteiger partial charge in [-0.25, -0.2) is 9.48 Å². The number of rotatable bonds is 3. The summed E-state index contributed by atoms with van der Waals surface area (Å²) >= 11 is 0. The van der Waals surface area contributed by atoms with Crippen molar-refractivity contribution in [2.45, 2.75) is 26.8 Å². The van der Waals surface area contributed by atoms with Gasteiger partial charge in [0.15, 0.2) is 0 Å². The molecule has 90 valence electrons. The number of hydrogen-bond donors (Lipinski definition) is 1. The molecular weight excluding hydrogens is 218 g/mol. The SMILES string of the molecule is CC(C)C(C)n1nnc2c(C(=O)O)cccc21. The van der Waals surface area contributed by atoms with Crippen molar-refractivity contribution in [2.24, 2.45) is 5.92 Å². The molecule has 0 bridgehead atoms.